The SMILES string of the molecule is CCOC(=O)c1ccc(Nc2ccc(OCC)cc2)c([N+](=O)[O-])c1. The molecule has 7 heteroatoms. The van der Waals surface area contributed by atoms with Gasteiger partial charge < -0.3 is 14.8 Å². The predicted octanol–water partition coefficient (Wildman–Crippen LogP) is 3.91. The Morgan fingerprint density at radius 1 is 1.12 bits per heavy atom. The number of anilines is 2. The van der Waals surface area contributed by atoms with E-state index in [1.54, 1.807) is 31.2 Å². The molecule has 24 heavy (non-hydrogen) atoms. The molecule has 0 bridgehead atoms. The molecule has 0 aliphatic rings. The summed E-state index contributed by atoms with van der Waals surface area (Å²) in [5, 5.41) is 14.2. The summed E-state index contributed by atoms with van der Waals surface area (Å²) in [6.45, 7) is 4.33. The second-order valence-corrected chi connectivity index (χ2v) is 4.79. The van der Waals surface area contributed by atoms with Crippen molar-refractivity contribution < 1.29 is 19.2 Å². The molecule has 0 radical (unpaired) electrons. The fraction of sp³-hybridized carbons (Fsp3) is 0.235. The van der Waals surface area contributed by atoms with Crippen molar-refractivity contribution in [2.45, 2.75) is 13.8 Å². The van der Waals surface area contributed by atoms with Gasteiger partial charge in [-0.1, -0.05) is 0 Å². The number of esters is 1. The van der Waals surface area contributed by atoms with Crippen molar-refractivity contribution in [3.8, 4) is 5.75 Å². The van der Waals surface area contributed by atoms with E-state index in [1.165, 1.54) is 18.2 Å². The summed E-state index contributed by atoms with van der Waals surface area (Å²) in [4.78, 5) is 22.4. The smallest absolute Gasteiger partial charge is 0.338 e. The molecule has 0 fully saturated rings. The van der Waals surface area contributed by atoms with Crippen molar-refractivity contribution in [1.29, 1.82) is 0 Å². The van der Waals surface area contributed by atoms with Crippen LogP contribution in [-0.4, -0.2) is 24.1 Å². The van der Waals surface area contributed by atoms with E-state index in [0.29, 0.717) is 12.3 Å². The molecule has 0 amide bonds. The zero-order valence-corrected chi connectivity index (χ0v) is 13.4. The molecular weight excluding hydrogens is 312 g/mol. The van der Waals surface area contributed by atoms with Crippen LogP contribution in [0.2, 0.25) is 0 Å². The molecule has 7 nitrogen and oxygen atoms in total. The third kappa shape index (κ3) is 4.22. The molecule has 0 heterocycles. The summed E-state index contributed by atoms with van der Waals surface area (Å²) in [7, 11) is 0. The van der Waals surface area contributed by atoms with E-state index in [0.717, 1.165) is 5.75 Å². The lowest BCUT2D eigenvalue weighted by Gasteiger charge is -2.09. The molecule has 0 atom stereocenters. The highest BCUT2D eigenvalue weighted by molar-refractivity contribution is 5.91. The van der Waals surface area contributed by atoms with Gasteiger partial charge in [0.05, 0.1) is 23.7 Å². The van der Waals surface area contributed by atoms with Crippen molar-refractivity contribution in [2.75, 3.05) is 18.5 Å². The number of nitro benzene ring substituents is 1. The van der Waals surface area contributed by atoms with Crippen molar-refractivity contribution >= 4 is 23.0 Å². The minimum absolute atomic E-state index is 0.140. The maximum Gasteiger partial charge on any atom is 0.338 e. The molecule has 0 aliphatic heterocycles. The minimum Gasteiger partial charge on any atom is -0.494 e. The number of nitro groups is 1. The highest BCUT2D eigenvalue weighted by Gasteiger charge is 2.18. The molecule has 0 aliphatic carbocycles. The average Bonchev–Trinajstić information content (AvgIpc) is 2.57. The molecule has 0 saturated heterocycles. The van der Waals surface area contributed by atoms with E-state index in [2.05, 4.69) is 5.32 Å². The van der Waals surface area contributed by atoms with E-state index >= 15 is 0 Å². The highest BCUT2D eigenvalue weighted by atomic mass is 16.6. The largest absolute Gasteiger partial charge is 0.494 e. The van der Waals surface area contributed by atoms with Gasteiger partial charge in [-0.05, 0) is 50.2 Å². The Hall–Kier alpha value is -3.09. The third-order valence-electron chi connectivity index (χ3n) is 3.15. The summed E-state index contributed by atoms with van der Waals surface area (Å²) in [6.07, 6.45) is 0. The van der Waals surface area contributed by atoms with Crippen LogP contribution in [0.25, 0.3) is 0 Å². The molecule has 0 spiro atoms. The Balaban J connectivity index is 2.25. The van der Waals surface area contributed by atoms with Crippen molar-refractivity contribution in [2.24, 2.45) is 0 Å². The zero-order valence-electron chi connectivity index (χ0n) is 13.4. The van der Waals surface area contributed by atoms with Crippen LogP contribution >= 0.6 is 0 Å². The van der Waals surface area contributed by atoms with Gasteiger partial charge in [0.15, 0.2) is 0 Å². The van der Waals surface area contributed by atoms with Crippen molar-refractivity contribution in [3.05, 3.63) is 58.1 Å². The van der Waals surface area contributed by atoms with Gasteiger partial charge in [0, 0.05) is 11.8 Å². The van der Waals surface area contributed by atoms with Gasteiger partial charge >= 0.3 is 5.97 Å². The molecule has 2 aromatic carbocycles. The fourth-order valence-electron chi connectivity index (χ4n) is 2.09. The monoisotopic (exact) mass is 330 g/mol. The second kappa shape index (κ2) is 7.96. The average molecular weight is 330 g/mol. The van der Waals surface area contributed by atoms with E-state index in [4.69, 9.17) is 9.47 Å². The first-order valence-corrected chi connectivity index (χ1v) is 7.50. The Morgan fingerprint density at radius 3 is 2.42 bits per heavy atom. The Kier molecular flexibility index (Phi) is 5.73. The van der Waals surface area contributed by atoms with Crippen LogP contribution in [0.4, 0.5) is 17.1 Å². The number of carbonyl (C=O) groups is 1. The number of ether oxygens (including phenoxy) is 2. The molecule has 2 rings (SSSR count). The molecule has 0 saturated carbocycles. The first-order valence-electron chi connectivity index (χ1n) is 7.50. The fourth-order valence-corrected chi connectivity index (χ4v) is 2.09. The van der Waals surface area contributed by atoms with E-state index in [9.17, 15) is 14.9 Å². The Morgan fingerprint density at radius 2 is 1.83 bits per heavy atom. The van der Waals surface area contributed by atoms with Gasteiger partial charge in [0.25, 0.3) is 5.69 Å². The topological polar surface area (TPSA) is 90.7 Å². The van der Waals surface area contributed by atoms with Crippen LogP contribution in [0.1, 0.15) is 24.2 Å². The quantitative estimate of drug-likeness (QED) is 0.470. The van der Waals surface area contributed by atoms with Crippen LogP contribution in [-0.2, 0) is 4.74 Å². The first-order chi connectivity index (χ1) is 11.5. The van der Waals surface area contributed by atoms with E-state index < -0.39 is 10.9 Å². The lowest BCUT2D eigenvalue weighted by atomic mass is 10.1. The van der Waals surface area contributed by atoms with Gasteiger partial charge in [-0.2, -0.15) is 0 Å². The lowest BCUT2D eigenvalue weighted by molar-refractivity contribution is -0.383. The van der Waals surface area contributed by atoms with Crippen LogP contribution in [0, 0.1) is 10.1 Å². The first kappa shape index (κ1) is 17.3. The normalized spacial score (nSPS) is 10.1. The number of hydrogen-bond donors (Lipinski definition) is 1. The summed E-state index contributed by atoms with van der Waals surface area (Å²) < 4.78 is 10.2. The van der Waals surface area contributed by atoms with Gasteiger partial charge in [-0.25, -0.2) is 4.79 Å². The molecule has 126 valence electrons. The maximum atomic E-state index is 11.7. The van der Waals surface area contributed by atoms with Gasteiger partial charge in [0.2, 0.25) is 0 Å². The summed E-state index contributed by atoms with van der Waals surface area (Å²) >= 11 is 0. The number of nitrogens with zero attached hydrogens (tertiary/aromatic N) is 1. The van der Waals surface area contributed by atoms with Gasteiger partial charge in [0.1, 0.15) is 11.4 Å². The van der Waals surface area contributed by atoms with Crippen LogP contribution in [0.15, 0.2) is 42.5 Å². The van der Waals surface area contributed by atoms with Crippen molar-refractivity contribution in [3.63, 3.8) is 0 Å². The standard InChI is InChI=1S/C17H18N2O5/c1-3-23-14-8-6-13(7-9-14)18-15-10-5-12(17(20)24-4-2)11-16(15)19(21)22/h5-11,18H,3-4H2,1-2H3. The number of hydrogen-bond acceptors (Lipinski definition) is 6. The van der Waals surface area contributed by atoms with Gasteiger partial charge in [-0.15, -0.1) is 0 Å². The zero-order chi connectivity index (χ0) is 17.5. The van der Waals surface area contributed by atoms with E-state index in [1.807, 2.05) is 6.92 Å². The lowest BCUT2D eigenvalue weighted by Crippen LogP contribution is -2.06. The third-order valence-corrected chi connectivity index (χ3v) is 3.15. The van der Waals surface area contributed by atoms with Crippen LogP contribution in [0.5, 0.6) is 5.75 Å². The Bertz CT molecular complexity index is 728. The van der Waals surface area contributed by atoms with E-state index in [-0.39, 0.29) is 23.5 Å². The van der Waals surface area contributed by atoms with Gasteiger partial charge in [-0.3, -0.25) is 10.1 Å². The minimum atomic E-state index is -0.590. The van der Waals surface area contributed by atoms with Crippen molar-refractivity contribution in [1.82, 2.24) is 0 Å². The highest BCUT2D eigenvalue weighted by Crippen LogP contribution is 2.29. The number of carbonyl (C=O) groups excluding carboxylic acids is 1. The number of benzene rings is 2. The van der Waals surface area contributed by atoms with Crippen LogP contribution in [0.3, 0.4) is 0 Å². The molecule has 2 aromatic rings. The number of nitrogens with one attached hydrogen (secondary N) is 1. The summed E-state index contributed by atoms with van der Waals surface area (Å²) in [5.41, 5.74) is 0.901. The number of rotatable bonds is 7. The molecule has 1 N–H and O–H groups in total. The van der Waals surface area contributed by atoms with Crippen LogP contribution < -0.4 is 10.1 Å². The summed E-state index contributed by atoms with van der Waals surface area (Å²) in [5.74, 6) is 0.128. The Labute approximate surface area is 139 Å². The molecular formula is C17H18N2O5. The predicted molar refractivity (Wildman–Crippen MR) is 89.9 cm³/mol. The second-order valence-electron chi connectivity index (χ2n) is 4.79. The molecule has 0 unspecified atom stereocenters. The summed E-state index contributed by atoms with van der Waals surface area (Å²) in [6, 6.07) is 11.2. The maximum absolute atomic E-state index is 11.7. The molecule has 0 aromatic heterocycles.